The fourth-order valence-electron chi connectivity index (χ4n) is 1.83. The second-order valence-electron chi connectivity index (χ2n) is 4.84. The summed E-state index contributed by atoms with van der Waals surface area (Å²) < 4.78 is 0. The number of hydrogen-bond donors (Lipinski definition) is 1. The van der Waals surface area contributed by atoms with Crippen molar-refractivity contribution in [1.82, 2.24) is 5.32 Å². The van der Waals surface area contributed by atoms with Crippen LogP contribution < -0.4 is 5.32 Å². The second-order valence-corrected chi connectivity index (χ2v) is 5.11. The van der Waals surface area contributed by atoms with E-state index in [4.69, 9.17) is 11.6 Å². The van der Waals surface area contributed by atoms with Crippen LogP contribution in [0.25, 0.3) is 0 Å². The molecule has 14 heavy (non-hydrogen) atoms. The topological polar surface area (TPSA) is 29.1 Å². The first kappa shape index (κ1) is 11.8. The van der Waals surface area contributed by atoms with Gasteiger partial charge in [-0.3, -0.25) is 4.79 Å². The Balaban J connectivity index is 2.40. The number of carbonyl (C=O) groups excluding carboxylic acids is 1. The normalized spacial score (nSPS) is 19.4. The monoisotopic (exact) mass is 217 g/mol. The molecule has 0 unspecified atom stereocenters. The number of amides is 1. The second kappa shape index (κ2) is 5.01. The predicted octanol–water partition coefficient (Wildman–Crippen LogP) is 2.70. The fourth-order valence-corrected chi connectivity index (χ4v) is 1.90. The van der Waals surface area contributed by atoms with Gasteiger partial charge in [0.1, 0.15) is 0 Å². The van der Waals surface area contributed by atoms with Crippen LogP contribution in [-0.4, -0.2) is 17.3 Å². The number of nitrogens with one attached hydrogen (secondary N) is 1. The van der Waals surface area contributed by atoms with E-state index >= 15 is 0 Å². The highest BCUT2D eigenvalue weighted by Gasteiger charge is 2.26. The molecule has 1 rings (SSSR count). The minimum absolute atomic E-state index is 0.190. The largest absolute Gasteiger partial charge is 0.350 e. The van der Waals surface area contributed by atoms with E-state index in [1.807, 2.05) is 13.8 Å². The quantitative estimate of drug-likeness (QED) is 0.724. The van der Waals surface area contributed by atoms with E-state index < -0.39 is 0 Å². The molecule has 0 radical (unpaired) electrons. The average molecular weight is 218 g/mol. The predicted molar refractivity (Wildman–Crippen MR) is 59.5 cm³/mol. The molecule has 2 nitrogen and oxygen atoms in total. The van der Waals surface area contributed by atoms with Crippen LogP contribution >= 0.6 is 11.6 Å². The Morgan fingerprint density at radius 3 is 2.43 bits per heavy atom. The van der Waals surface area contributed by atoms with E-state index in [1.54, 1.807) is 0 Å². The van der Waals surface area contributed by atoms with Crippen LogP contribution in [0.4, 0.5) is 0 Å². The third kappa shape index (κ3) is 3.49. The molecule has 0 saturated heterocycles. The summed E-state index contributed by atoms with van der Waals surface area (Å²) in [5, 5.41) is 3.00. The lowest BCUT2D eigenvalue weighted by Crippen LogP contribution is -2.47. The van der Waals surface area contributed by atoms with Crippen molar-refractivity contribution in [3.63, 3.8) is 0 Å². The zero-order valence-corrected chi connectivity index (χ0v) is 9.86. The molecule has 0 aliphatic heterocycles. The molecule has 0 aromatic rings. The van der Waals surface area contributed by atoms with Crippen molar-refractivity contribution < 1.29 is 4.79 Å². The van der Waals surface area contributed by atoms with Gasteiger partial charge in [-0.15, -0.1) is 11.6 Å². The maximum Gasteiger partial charge on any atom is 0.223 e. The molecule has 3 heteroatoms. The molecule has 1 saturated carbocycles. The van der Waals surface area contributed by atoms with Gasteiger partial charge in [0.05, 0.1) is 0 Å². The Morgan fingerprint density at radius 2 is 1.93 bits per heavy atom. The van der Waals surface area contributed by atoms with Crippen LogP contribution in [0.15, 0.2) is 0 Å². The van der Waals surface area contributed by atoms with Crippen molar-refractivity contribution in [2.75, 3.05) is 5.88 Å². The maximum atomic E-state index is 11.8. The molecule has 0 atom stereocenters. The number of hydrogen-bond acceptors (Lipinski definition) is 1. The molecular formula is C11H20ClNO. The zero-order valence-electron chi connectivity index (χ0n) is 9.11. The Bertz CT molecular complexity index is 197. The fraction of sp³-hybridized carbons (Fsp3) is 0.909. The molecule has 0 bridgehead atoms. The smallest absolute Gasteiger partial charge is 0.223 e. The first-order valence-electron chi connectivity index (χ1n) is 5.43. The van der Waals surface area contributed by atoms with Crippen LogP contribution in [-0.2, 0) is 4.79 Å². The number of carbonyl (C=O) groups is 1. The molecule has 1 amide bonds. The SMILES string of the molecule is CC(C)(CCl)NC(=O)C1CCCCC1. The average Bonchev–Trinajstić information content (AvgIpc) is 2.19. The van der Waals surface area contributed by atoms with Crippen LogP contribution in [0.2, 0.25) is 0 Å². The summed E-state index contributed by atoms with van der Waals surface area (Å²) in [5.41, 5.74) is -0.268. The minimum Gasteiger partial charge on any atom is -0.350 e. The summed E-state index contributed by atoms with van der Waals surface area (Å²) in [6, 6.07) is 0. The summed E-state index contributed by atoms with van der Waals surface area (Å²) >= 11 is 5.76. The third-order valence-electron chi connectivity index (χ3n) is 2.77. The van der Waals surface area contributed by atoms with E-state index in [2.05, 4.69) is 5.32 Å². The van der Waals surface area contributed by atoms with E-state index in [0.29, 0.717) is 5.88 Å². The van der Waals surface area contributed by atoms with Gasteiger partial charge in [-0.05, 0) is 26.7 Å². The first-order chi connectivity index (χ1) is 6.55. The number of rotatable bonds is 3. The Kier molecular flexibility index (Phi) is 4.24. The third-order valence-corrected chi connectivity index (χ3v) is 3.44. The molecule has 0 heterocycles. The van der Waals surface area contributed by atoms with Crippen molar-refractivity contribution >= 4 is 17.5 Å². The Hall–Kier alpha value is -0.240. The first-order valence-corrected chi connectivity index (χ1v) is 5.96. The highest BCUT2D eigenvalue weighted by molar-refractivity contribution is 6.18. The van der Waals surface area contributed by atoms with Crippen molar-refractivity contribution in [2.24, 2.45) is 5.92 Å². The van der Waals surface area contributed by atoms with Gasteiger partial charge in [-0.1, -0.05) is 19.3 Å². The Labute approximate surface area is 91.4 Å². The van der Waals surface area contributed by atoms with Crippen LogP contribution in [0.5, 0.6) is 0 Å². The van der Waals surface area contributed by atoms with E-state index in [0.717, 1.165) is 12.8 Å². The zero-order chi connectivity index (χ0) is 10.6. The van der Waals surface area contributed by atoms with E-state index in [1.165, 1.54) is 19.3 Å². The highest BCUT2D eigenvalue weighted by Crippen LogP contribution is 2.24. The molecule has 0 spiro atoms. The Morgan fingerprint density at radius 1 is 1.36 bits per heavy atom. The maximum absolute atomic E-state index is 11.8. The number of alkyl halides is 1. The number of halogens is 1. The molecule has 1 fully saturated rings. The van der Waals surface area contributed by atoms with Gasteiger partial charge in [0, 0.05) is 17.3 Å². The lowest BCUT2D eigenvalue weighted by molar-refractivity contribution is -0.127. The summed E-state index contributed by atoms with van der Waals surface area (Å²) in [5.74, 6) is 0.882. The standard InChI is InChI=1S/C11H20ClNO/c1-11(2,8-12)13-10(14)9-6-4-3-5-7-9/h9H,3-8H2,1-2H3,(H,13,14). The van der Waals surface area contributed by atoms with Gasteiger partial charge in [-0.25, -0.2) is 0 Å². The van der Waals surface area contributed by atoms with Gasteiger partial charge in [-0.2, -0.15) is 0 Å². The molecular weight excluding hydrogens is 198 g/mol. The van der Waals surface area contributed by atoms with Gasteiger partial charge in [0.25, 0.3) is 0 Å². The van der Waals surface area contributed by atoms with Crippen molar-refractivity contribution in [3.05, 3.63) is 0 Å². The molecule has 0 aromatic carbocycles. The van der Waals surface area contributed by atoms with Gasteiger partial charge < -0.3 is 5.32 Å². The summed E-state index contributed by atoms with van der Waals surface area (Å²) in [6.07, 6.45) is 5.76. The highest BCUT2D eigenvalue weighted by atomic mass is 35.5. The molecule has 1 aliphatic rings. The van der Waals surface area contributed by atoms with E-state index in [9.17, 15) is 4.79 Å². The lowest BCUT2D eigenvalue weighted by atomic mass is 9.88. The van der Waals surface area contributed by atoms with Crippen molar-refractivity contribution in [1.29, 1.82) is 0 Å². The molecule has 82 valence electrons. The van der Waals surface area contributed by atoms with Crippen LogP contribution in [0, 0.1) is 5.92 Å². The van der Waals surface area contributed by atoms with Crippen molar-refractivity contribution in [2.45, 2.75) is 51.5 Å². The molecule has 0 aromatic heterocycles. The minimum atomic E-state index is -0.268. The molecule has 1 aliphatic carbocycles. The van der Waals surface area contributed by atoms with Gasteiger partial charge in [0.15, 0.2) is 0 Å². The van der Waals surface area contributed by atoms with Gasteiger partial charge >= 0.3 is 0 Å². The summed E-state index contributed by atoms with van der Waals surface area (Å²) in [7, 11) is 0. The van der Waals surface area contributed by atoms with E-state index in [-0.39, 0.29) is 17.4 Å². The van der Waals surface area contributed by atoms with Crippen LogP contribution in [0.3, 0.4) is 0 Å². The summed E-state index contributed by atoms with van der Waals surface area (Å²) in [4.78, 5) is 11.8. The lowest BCUT2D eigenvalue weighted by Gasteiger charge is -2.28. The summed E-state index contributed by atoms with van der Waals surface area (Å²) in [6.45, 7) is 3.92. The molecule has 1 N–H and O–H groups in total. The van der Waals surface area contributed by atoms with Crippen molar-refractivity contribution in [3.8, 4) is 0 Å². The van der Waals surface area contributed by atoms with Gasteiger partial charge in [0.2, 0.25) is 5.91 Å². The van der Waals surface area contributed by atoms with Crippen LogP contribution in [0.1, 0.15) is 46.0 Å².